The van der Waals surface area contributed by atoms with Gasteiger partial charge >= 0.3 is 0 Å². The minimum atomic E-state index is 0.0184. The van der Waals surface area contributed by atoms with Gasteiger partial charge in [-0.1, -0.05) is 13.0 Å². The Morgan fingerprint density at radius 3 is 2.79 bits per heavy atom. The molecule has 0 bridgehead atoms. The third-order valence-corrected chi connectivity index (χ3v) is 3.85. The molecule has 1 aliphatic rings. The van der Waals surface area contributed by atoms with Crippen LogP contribution in [0, 0.1) is 0 Å². The highest BCUT2D eigenvalue weighted by atomic mass is 32.1. The Kier molecular flexibility index (Phi) is 5.28. The third kappa shape index (κ3) is 4.25. The van der Waals surface area contributed by atoms with Crippen LogP contribution in [0.1, 0.15) is 36.5 Å². The topological polar surface area (TPSA) is 32.3 Å². The van der Waals surface area contributed by atoms with E-state index in [2.05, 4.69) is 29.8 Å². The number of carbonyl (C=O) groups is 1. The number of piperidine rings is 1. The van der Waals surface area contributed by atoms with E-state index in [1.54, 1.807) is 0 Å². The zero-order valence-electron chi connectivity index (χ0n) is 11.4. The van der Waals surface area contributed by atoms with E-state index in [0.29, 0.717) is 11.6 Å². The molecule has 1 fully saturated rings. The number of hydrogen-bond acceptors (Lipinski definition) is 3. The van der Waals surface area contributed by atoms with Gasteiger partial charge in [-0.05, 0) is 44.0 Å². The Labute approximate surface area is 120 Å². The number of thiol groups is 1. The summed E-state index contributed by atoms with van der Waals surface area (Å²) < 4.78 is 0. The molecule has 0 radical (unpaired) electrons. The van der Waals surface area contributed by atoms with Crippen LogP contribution in [0.3, 0.4) is 0 Å². The molecule has 104 valence electrons. The maximum absolute atomic E-state index is 12.1. The van der Waals surface area contributed by atoms with Crippen LogP contribution in [0.4, 0.5) is 0 Å². The number of nitrogens with one attached hydrogen (secondary N) is 1. The van der Waals surface area contributed by atoms with Gasteiger partial charge in [0.25, 0.3) is 5.91 Å². The molecule has 19 heavy (non-hydrogen) atoms. The van der Waals surface area contributed by atoms with Gasteiger partial charge in [0, 0.05) is 29.6 Å². The summed E-state index contributed by atoms with van der Waals surface area (Å²) in [7, 11) is 0. The summed E-state index contributed by atoms with van der Waals surface area (Å²) in [6.07, 6.45) is 3.30. The summed E-state index contributed by atoms with van der Waals surface area (Å²) in [4.78, 5) is 15.4. The first-order chi connectivity index (χ1) is 9.19. The summed E-state index contributed by atoms with van der Waals surface area (Å²) in [5.74, 6) is 0.0184. The van der Waals surface area contributed by atoms with Gasteiger partial charge in [0.2, 0.25) is 0 Å². The molecule has 1 amide bonds. The highest BCUT2D eigenvalue weighted by molar-refractivity contribution is 7.80. The molecule has 0 saturated carbocycles. The Hall–Kier alpha value is -1.00. The molecular formula is C15H22N2OS. The molecule has 4 heteroatoms. The number of benzene rings is 1. The fraction of sp³-hybridized carbons (Fsp3) is 0.533. The van der Waals surface area contributed by atoms with Crippen molar-refractivity contribution in [3.8, 4) is 0 Å². The lowest BCUT2D eigenvalue weighted by molar-refractivity contribution is 0.0911. The second-order valence-corrected chi connectivity index (χ2v) is 5.66. The number of carbonyl (C=O) groups excluding carboxylic acids is 1. The van der Waals surface area contributed by atoms with Gasteiger partial charge in [0.05, 0.1) is 0 Å². The minimum Gasteiger partial charge on any atom is -0.349 e. The number of rotatable bonds is 4. The number of nitrogens with zero attached hydrogens (tertiary/aromatic N) is 1. The molecule has 3 nitrogen and oxygen atoms in total. The van der Waals surface area contributed by atoms with E-state index in [9.17, 15) is 4.79 Å². The quantitative estimate of drug-likeness (QED) is 0.830. The molecule has 2 rings (SSSR count). The fourth-order valence-electron chi connectivity index (χ4n) is 2.53. The van der Waals surface area contributed by atoms with Gasteiger partial charge in [-0.3, -0.25) is 4.79 Å². The van der Waals surface area contributed by atoms with Gasteiger partial charge < -0.3 is 10.2 Å². The largest absolute Gasteiger partial charge is 0.349 e. The van der Waals surface area contributed by atoms with Crippen LogP contribution in [0.2, 0.25) is 0 Å². The maximum atomic E-state index is 12.1. The monoisotopic (exact) mass is 278 g/mol. The maximum Gasteiger partial charge on any atom is 0.251 e. The summed E-state index contributed by atoms with van der Waals surface area (Å²) in [6, 6.07) is 7.69. The SMILES string of the molecule is CCCN1CCC(NC(=O)c2cccc(S)c2)CC1. The highest BCUT2D eigenvalue weighted by Crippen LogP contribution is 2.13. The van der Waals surface area contributed by atoms with E-state index in [-0.39, 0.29) is 5.91 Å². The Balaban J connectivity index is 1.84. The van der Waals surface area contributed by atoms with E-state index in [0.717, 1.165) is 30.8 Å². The van der Waals surface area contributed by atoms with Crippen molar-refractivity contribution in [3.63, 3.8) is 0 Å². The Morgan fingerprint density at radius 2 is 2.16 bits per heavy atom. The molecule has 1 heterocycles. The predicted molar refractivity (Wildman–Crippen MR) is 80.9 cm³/mol. The van der Waals surface area contributed by atoms with Crippen LogP contribution in [0.25, 0.3) is 0 Å². The van der Waals surface area contributed by atoms with E-state index in [4.69, 9.17) is 0 Å². The van der Waals surface area contributed by atoms with Crippen molar-refractivity contribution in [2.24, 2.45) is 0 Å². The van der Waals surface area contributed by atoms with Crippen molar-refractivity contribution in [2.45, 2.75) is 37.1 Å². The van der Waals surface area contributed by atoms with Crippen molar-refractivity contribution >= 4 is 18.5 Å². The molecule has 1 aromatic carbocycles. The Morgan fingerprint density at radius 1 is 1.42 bits per heavy atom. The van der Waals surface area contributed by atoms with Crippen LogP contribution in [0.5, 0.6) is 0 Å². The van der Waals surface area contributed by atoms with Crippen molar-refractivity contribution in [1.29, 1.82) is 0 Å². The first-order valence-electron chi connectivity index (χ1n) is 7.01. The summed E-state index contributed by atoms with van der Waals surface area (Å²) in [5.41, 5.74) is 0.698. The van der Waals surface area contributed by atoms with Gasteiger partial charge in [-0.15, -0.1) is 12.6 Å². The zero-order valence-corrected chi connectivity index (χ0v) is 12.3. The molecule has 1 saturated heterocycles. The molecule has 0 atom stereocenters. The smallest absolute Gasteiger partial charge is 0.251 e. The van der Waals surface area contributed by atoms with Gasteiger partial charge in [0.15, 0.2) is 0 Å². The van der Waals surface area contributed by atoms with E-state index >= 15 is 0 Å². The first-order valence-corrected chi connectivity index (χ1v) is 7.46. The zero-order chi connectivity index (χ0) is 13.7. The molecule has 0 spiro atoms. The van der Waals surface area contributed by atoms with Crippen LogP contribution in [-0.2, 0) is 0 Å². The second kappa shape index (κ2) is 6.96. The lowest BCUT2D eigenvalue weighted by atomic mass is 10.0. The summed E-state index contributed by atoms with van der Waals surface area (Å²) in [6.45, 7) is 5.55. The predicted octanol–water partition coefficient (Wildman–Crippen LogP) is 2.58. The van der Waals surface area contributed by atoms with Crippen LogP contribution >= 0.6 is 12.6 Å². The van der Waals surface area contributed by atoms with Gasteiger partial charge in [-0.25, -0.2) is 0 Å². The minimum absolute atomic E-state index is 0.0184. The average molecular weight is 278 g/mol. The van der Waals surface area contributed by atoms with Crippen molar-refractivity contribution in [3.05, 3.63) is 29.8 Å². The standard InChI is InChI=1S/C15H22N2OS/c1-2-8-17-9-6-13(7-10-17)16-15(18)12-4-3-5-14(19)11-12/h3-5,11,13,19H,2,6-10H2,1H3,(H,16,18). The van der Waals surface area contributed by atoms with Crippen molar-refractivity contribution in [2.75, 3.05) is 19.6 Å². The molecule has 1 aromatic rings. The molecule has 1 aliphatic heterocycles. The third-order valence-electron chi connectivity index (χ3n) is 3.57. The number of amides is 1. The van der Waals surface area contributed by atoms with Gasteiger partial charge in [-0.2, -0.15) is 0 Å². The lowest BCUT2D eigenvalue weighted by Gasteiger charge is -2.32. The molecular weight excluding hydrogens is 256 g/mol. The molecule has 0 aliphatic carbocycles. The molecule has 0 aromatic heterocycles. The molecule has 0 unspecified atom stereocenters. The van der Waals surface area contributed by atoms with Crippen molar-refractivity contribution < 1.29 is 4.79 Å². The first kappa shape index (κ1) is 14.4. The van der Waals surface area contributed by atoms with E-state index in [1.807, 2.05) is 24.3 Å². The number of hydrogen-bond donors (Lipinski definition) is 2. The summed E-state index contributed by atoms with van der Waals surface area (Å²) in [5, 5.41) is 3.13. The van der Waals surface area contributed by atoms with E-state index < -0.39 is 0 Å². The van der Waals surface area contributed by atoms with Crippen LogP contribution in [0.15, 0.2) is 29.2 Å². The lowest BCUT2D eigenvalue weighted by Crippen LogP contribution is -2.44. The van der Waals surface area contributed by atoms with Crippen LogP contribution < -0.4 is 5.32 Å². The van der Waals surface area contributed by atoms with Crippen LogP contribution in [-0.4, -0.2) is 36.5 Å². The number of likely N-dealkylation sites (tertiary alicyclic amines) is 1. The normalized spacial score (nSPS) is 17.4. The highest BCUT2D eigenvalue weighted by Gasteiger charge is 2.20. The van der Waals surface area contributed by atoms with Gasteiger partial charge in [0.1, 0.15) is 0 Å². The fourth-order valence-corrected chi connectivity index (χ4v) is 2.76. The average Bonchev–Trinajstić information content (AvgIpc) is 2.41. The van der Waals surface area contributed by atoms with Crippen molar-refractivity contribution in [1.82, 2.24) is 10.2 Å². The molecule has 1 N–H and O–H groups in total. The van der Waals surface area contributed by atoms with E-state index in [1.165, 1.54) is 13.0 Å². The Bertz CT molecular complexity index is 428. The summed E-state index contributed by atoms with van der Waals surface area (Å²) >= 11 is 4.26. The second-order valence-electron chi connectivity index (χ2n) is 5.14.